The van der Waals surface area contributed by atoms with Gasteiger partial charge in [-0.05, 0) is 30.1 Å². The van der Waals surface area contributed by atoms with Crippen LogP contribution >= 0.6 is 23.1 Å². The van der Waals surface area contributed by atoms with E-state index >= 15 is 0 Å². The molecule has 1 nitrogen and oxygen atoms in total. The van der Waals surface area contributed by atoms with Crippen LogP contribution in [0.4, 0.5) is 0 Å². The monoisotopic (exact) mass is 183 g/mol. The van der Waals surface area contributed by atoms with Crippen LogP contribution in [0.15, 0.2) is 18.2 Å². The first-order chi connectivity index (χ1) is 5.29. The first-order valence-corrected chi connectivity index (χ1v) is 4.44. The van der Waals surface area contributed by atoms with Gasteiger partial charge in [0.05, 0.1) is 4.70 Å². The minimum Gasteiger partial charge on any atom is -0.180 e. The zero-order chi connectivity index (χ0) is 7.84. The molecular formula is C8H6ClNS. The molecule has 56 valence electrons. The topological polar surface area (TPSA) is 12.9 Å². The molecule has 0 radical (unpaired) electrons. The lowest BCUT2D eigenvalue weighted by atomic mass is 10.2. The Hall–Kier alpha value is -0.600. The molecule has 2 aromatic rings. The van der Waals surface area contributed by atoms with Gasteiger partial charge in [-0.3, -0.25) is 0 Å². The molecule has 0 N–H and O–H groups in total. The van der Waals surface area contributed by atoms with Crippen LogP contribution in [-0.2, 0) is 0 Å². The standard InChI is InChI=1S/C8H6ClNS/c1-5-3-2-4-6-7(5)8(9)10-11-6/h2-4H,1H3. The van der Waals surface area contributed by atoms with Crippen LogP contribution < -0.4 is 0 Å². The minimum absolute atomic E-state index is 0.628. The van der Waals surface area contributed by atoms with Crippen LogP contribution in [0, 0.1) is 6.92 Å². The maximum absolute atomic E-state index is 5.88. The summed E-state index contributed by atoms with van der Waals surface area (Å²) in [4.78, 5) is 0. The second-order valence-electron chi connectivity index (χ2n) is 2.42. The van der Waals surface area contributed by atoms with Gasteiger partial charge in [0, 0.05) is 5.39 Å². The average molecular weight is 184 g/mol. The molecule has 0 aliphatic rings. The fourth-order valence-electron chi connectivity index (χ4n) is 1.12. The zero-order valence-corrected chi connectivity index (χ0v) is 7.54. The van der Waals surface area contributed by atoms with E-state index in [-0.39, 0.29) is 0 Å². The molecule has 0 saturated carbocycles. The molecule has 0 aliphatic carbocycles. The highest BCUT2D eigenvalue weighted by molar-refractivity contribution is 7.13. The number of hydrogen-bond acceptors (Lipinski definition) is 2. The molecule has 11 heavy (non-hydrogen) atoms. The largest absolute Gasteiger partial charge is 0.180 e. The summed E-state index contributed by atoms with van der Waals surface area (Å²) >= 11 is 7.32. The second-order valence-corrected chi connectivity index (χ2v) is 3.58. The van der Waals surface area contributed by atoms with E-state index in [4.69, 9.17) is 11.6 Å². The number of halogens is 1. The molecule has 0 saturated heterocycles. The Morgan fingerprint density at radius 1 is 1.45 bits per heavy atom. The van der Waals surface area contributed by atoms with E-state index in [0.717, 1.165) is 10.1 Å². The van der Waals surface area contributed by atoms with Gasteiger partial charge >= 0.3 is 0 Å². The number of hydrogen-bond donors (Lipinski definition) is 0. The quantitative estimate of drug-likeness (QED) is 0.611. The minimum atomic E-state index is 0.628. The average Bonchev–Trinajstić information content (AvgIpc) is 2.34. The van der Waals surface area contributed by atoms with Crippen molar-refractivity contribution in [2.45, 2.75) is 6.92 Å². The molecule has 1 aromatic carbocycles. The second kappa shape index (κ2) is 2.47. The smallest absolute Gasteiger partial charge is 0.150 e. The van der Waals surface area contributed by atoms with Gasteiger partial charge in [-0.25, -0.2) is 0 Å². The highest BCUT2D eigenvalue weighted by Crippen LogP contribution is 2.28. The van der Waals surface area contributed by atoms with Crippen molar-refractivity contribution >= 4 is 33.2 Å². The number of aromatic nitrogens is 1. The van der Waals surface area contributed by atoms with Crippen LogP contribution in [-0.4, -0.2) is 4.37 Å². The summed E-state index contributed by atoms with van der Waals surface area (Å²) in [6.07, 6.45) is 0. The summed E-state index contributed by atoms with van der Waals surface area (Å²) in [5, 5.41) is 1.72. The van der Waals surface area contributed by atoms with Crippen molar-refractivity contribution in [1.29, 1.82) is 0 Å². The molecular weight excluding hydrogens is 178 g/mol. The van der Waals surface area contributed by atoms with Crippen molar-refractivity contribution in [1.82, 2.24) is 4.37 Å². The summed E-state index contributed by atoms with van der Waals surface area (Å²) in [7, 11) is 0. The van der Waals surface area contributed by atoms with Crippen molar-refractivity contribution in [3.8, 4) is 0 Å². The fraction of sp³-hybridized carbons (Fsp3) is 0.125. The van der Waals surface area contributed by atoms with Crippen molar-refractivity contribution in [3.63, 3.8) is 0 Å². The Balaban J connectivity index is 2.96. The number of aryl methyl sites for hydroxylation is 1. The molecule has 1 aromatic heterocycles. The molecule has 1 heterocycles. The van der Waals surface area contributed by atoms with Crippen LogP contribution in [0.25, 0.3) is 10.1 Å². The van der Waals surface area contributed by atoms with E-state index in [1.54, 1.807) is 0 Å². The third kappa shape index (κ3) is 1.03. The highest BCUT2D eigenvalue weighted by atomic mass is 35.5. The van der Waals surface area contributed by atoms with Crippen LogP contribution in [0.2, 0.25) is 5.15 Å². The van der Waals surface area contributed by atoms with Crippen molar-refractivity contribution in [2.24, 2.45) is 0 Å². The van der Waals surface area contributed by atoms with Crippen LogP contribution in [0.5, 0.6) is 0 Å². The lowest BCUT2D eigenvalue weighted by Gasteiger charge is -1.92. The summed E-state index contributed by atoms with van der Waals surface area (Å²) < 4.78 is 5.23. The Bertz CT molecular complexity index is 394. The van der Waals surface area contributed by atoms with Gasteiger partial charge in [0.2, 0.25) is 0 Å². The Morgan fingerprint density at radius 2 is 2.27 bits per heavy atom. The summed E-state index contributed by atoms with van der Waals surface area (Å²) in [5.41, 5.74) is 1.20. The SMILES string of the molecule is Cc1cccc2snc(Cl)c12. The Kier molecular flexibility index (Phi) is 1.59. The number of benzene rings is 1. The third-order valence-corrected chi connectivity index (χ3v) is 2.85. The lowest BCUT2D eigenvalue weighted by molar-refractivity contribution is 1.52. The molecule has 0 aliphatic heterocycles. The van der Waals surface area contributed by atoms with Crippen molar-refractivity contribution < 1.29 is 0 Å². The Labute approximate surface area is 73.8 Å². The maximum atomic E-state index is 5.88. The van der Waals surface area contributed by atoms with Crippen LogP contribution in [0.3, 0.4) is 0 Å². The molecule has 0 unspecified atom stereocenters. The normalized spacial score (nSPS) is 10.7. The van der Waals surface area contributed by atoms with E-state index in [1.807, 2.05) is 25.1 Å². The molecule has 0 fully saturated rings. The third-order valence-electron chi connectivity index (χ3n) is 1.66. The molecule has 0 spiro atoms. The fourth-order valence-corrected chi connectivity index (χ4v) is 2.28. The van der Waals surface area contributed by atoms with Gasteiger partial charge in [0.15, 0.2) is 5.15 Å². The molecule has 0 atom stereocenters. The van der Waals surface area contributed by atoms with Gasteiger partial charge in [-0.2, -0.15) is 4.37 Å². The van der Waals surface area contributed by atoms with Gasteiger partial charge in [0.1, 0.15) is 0 Å². The Morgan fingerprint density at radius 3 is 3.00 bits per heavy atom. The van der Waals surface area contributed by atoms with Crippen molar-refractivity contribution in [3.05, 3.63) is 28.9 Å². The van der Waals surface area contributed by atoms with E-state index in [0.29, 0.717) is 5.15 Å². The van der Waals surface area contributed by atoms with Crippen LogP contribution in [0.1, 0.15) is 5.56 Å². The van der Waals surface area contributed by atoms with E-state index in [9.17, 15) is 0 Å². The number of rotatable bonds is 0. The zero-order valence-electron chi connectivity index (χ0n) is 5.97. The van der Waals surface area contributed by atoms with Gasteiger partial charge < -0.3 is 0 Å². The highest BCUT2D eigenvalue weighted by Gasteiger charge is 2.04. The van der Waals surface area contributed by atoms with Gasteiger partial charge in [-0.15, -0.1) is 0 Å². The van der Waals surface area contributed by atoms with Crippen molar-refractivity contribution in [2.75, 3.05) is 0 Å². The number of nitrogens with zero attached hydrogens (tertiary/aromatic N) is 1. The summed E-state index contributed by atoms with van der Waals surface area (Å²) in [6.45, 7) is 2.04. The number of fused-ring (bicyclic) bond motifs is 1. The molecule has 0 amide bonds. The maximum Gasteiger partial charge on any atom is 0.150 e. The predicted molar refractivity (Wildman–Crippen MR) is 49.4 cm³/mol. The molecule has 2 rings (SSSR count). The van der Waals surface area contributed by atoms with E-state index < -0.39 is 0 Å². The van der Waals surface area contributed by atoms with E-state index in [2.05, 4.69) is 4.37 Å². The predicted octanol–water partition coefficient (Wildman–Crippen LogP) is 3.26. The summed E-state index contributed by atoms with van der Waals surface area (Å²) in [6, 6.07) is 6.10. The van der Waals surface area contributed by atoms with E-state index in [1.165, 1.54) is 17.1 Å². The lowest BCUT2D eigenvalue weighted by Crippen LogP contribution is -1.71. The van der Waals surface area contributed by atoms with Gasteiger partial charge in [0.25, 0.3) is 0 Å². The van der Waals surface area contributed by atoms with Gasteiger partial charge in [-0.1, -0.05) is 23.7 Å². The summed E-state index contributed by atoms with van der Waals surface area (Å²) in [5.74, 6) is 0. The molecule has 3 heteroatoms. The first-order valence-electron chi connectivity index (χ1n) is 3.29. The first kappa shape index (κ1) is 7.07. The molecule has 0 bridgehead atoms.